The summed E-state index contributed by atoms with van der Waals surface area (Å²) in [5.74, 6) is -0.802. The molecule has 0 aliphatic carbocycles. The van der Waals surface area contributed by atoms with Crippen molar-refractivity contribution in [1.82, 2.24) is 9.78 Å². The van der Waals surface area contributed by atoms with Crippen LogP contribution in [0.2, 0.25) is 0 Å². The summed E-state index contributed by atoms with van der Waals surface area (Å²) in [6, 6.07) is 9.50. The van der Waals surface area contributed by atoms with Crippen LogP contribution in [0.4, 0.5) is 20.3 Å². The van der Waals surface area contributed by atoms with Crippen molar-refractivity contribution in [3.05, 3.63) is 69.8 Å². The van der Waals surface area contributed by atoms with E-state index in [4.69, 9.17) is 0 Å². The maximum atomic E-state index is 14.2. The van der Waals surface area contributed by atoms with E-state index in [0.717, 1.165) is 17.7 Å². The second-order valence-electron chi connectivity index (χ2n) is 5.63. The zero-order chi connectivity index (χ0) is 17.6. The Morgan fingerprint density at radius 1 is 1.20 bits per heavy atom. The van der Waals surface area contributed by atoms with Crippen molar-refractivity contribution in [2.75, 3.05) is 11.9 Å². The number of nitro benzene ring substituents is 1. The molecule has 0 bridgehead atoms. The van der Waals surface area contributed by atoms with Gasteiger partial charge >= 0.3 is 0 Å². The van der Waals surface area contributed by atoms with Crippen LogP contribution in [0, 0.1) is 21.7 Å². The van der Waals surface area contributed by atoms with Crippen LogP contribution in [0.5, 0.6) is 0 Å². The average molecular weight is 342 g/mol. The minimum Gasteiger partial charge on any atom is -0.369 e. The number of nitro groups is 1. The molecule has 0 saturated carbocycles. The van der Waals surface area contributed by atoms with Gasteiger partial charge in [-0.1, -0.05) is 12.1 Å². The summed E-state index contributed by atoms with van der Waals surface area (Å²) in [5, 5.41) is 18.8. The van der Waals surface area contributed by atoms with E-state index in [9.17, 15) is 18.9 Å². The number of rotatable bonds is 3. The Balaban J connectivity index is 1.94. The molecule has 0 spiro atoms. The quantitative estimate of drug-likeness (QED) is 0.582. The molecule has 0 radical (unpaired) electrons. The van der Waals surface area contributed by atoms with Crippen LogP contribution in [0.1, 0.15) is 5.56 Å². The fourth-order valence-electron chi connectivity index (χ4n) is 3.04. The smallest absolute Gasteiger partial charge is 0.294 e. The van der Waals surface area contributed by atoms with Gasteiger partial charge in [-0.2, -0.15) is 5.10 Å². The monoisotopic (exact) mass is 342 g/mol. The third-order valence-corrected chi connectivity index (χ3v) is 4.14. The molecule has 1 aliphatic heterocycles. The molecule has 126 valence electrons. The van der Waals surface area contributed by atoms with Crippen LogP contribution in [0.25, 0.3) is 16.9 Å². The number of aromatic nitrogens is 2. The van der Waals surface area contributed by atoms with Gasteiger partial charge < -0.3 is 5.32 Å². The van der Waals surface area contributed by atoms with Crippen LogP contribution in [0.15, 0.2) is 42.5 Å². The van der Waals surface area contributed by atoms with Crippen LogP contribution >= 0.6 is 0 Å². The molecule has 0 amide bonds. The zero-order valence-electron chi connectivity index (χ0n) is 12.9. The van der Waals surface area contributed by atoms with Crippen molar-refractivity contribution in [1.29, 1.82) is 0 Å². The number of para-hydroxylation sites is 2. The number of hydrogen-bond acceptors (Lipinski definition) is 4. The fourth-order valence-corrected chi connectivity index (χ4v) is 3.04. The first-order valence-electron chi connectivity index (χ1n) is 7.61. The lowest BCUT2D eigenvalue weighted by Crippen LogP contribution is -2.06. The number of hydrogen-bond donors (Lipinski definition) is 1. The van der Waals surface area contributed by atoms with E-state index >= 15 is 0 Å². The molecule has 4 rings (SSSR count). The highest BCUT2D eigenvalue weighted by Gasteiger charge is 2.28. The third kappa shape index (κ3) is 2.42. The molecule has 2 heterocycles. The standard InChI is InChI=1S/C17H12F2N4O2/c18-10-5-6-11(13(19)9-10)16-12-7-8-20-17(12)22(21-16)14-3-1-2-4-15(14)23(24)25/h1-6,9,20H,7-8H2. The van der Waals surface area contributed by atoms with Crippen molar-refractivity contribution in [3.8, 4) is 16.9 Å². The van der Waals surface area contributed by atoms with E-state index in [1.807, 2.05) is 0 Å². The lowest BCUT2D eigenvalue weighted by molar-refractivity contribution is -0.384. The lowest BCUT2D eigenvalue weighted by atomic mass is 10.1. The highest BCUT2D eigenvalue weighted by atomic mass is 19.1. The summed E-state index contributed by atoms with van der Waals surface area (Å²) in [6.07, 6.45) is 0.599. The van der Waals surface area contributed by atoms with Crippen molar-refractivity contribution >= 4 is 11.5 Å². The highest BCUT2D eigenvalue weighted by Crippen LogP contribution is 2.37. The minimum atomic E-state index is -0.720. The first-order chi connectivity index (χ1) is 12.1. The van der Waals surface area contributed by atoms with Crippen molar-refractivity contribution < 1.29 is 13.7 Å². The van der Waals surface area contributed by atoms with Crippen molar-refractivity contribution in [2.45, 2.75) is 6.42 Å². The van der Waals surface area contributed by atoms with Crippen molar-refractivity contribution in [2.24, 2.45) is 0 Å². The van der Waals surface area contributed by atoms with Gasteiger partial charge in [-0.15, -0.1) is 0 Å². The molecule has 8 heteroatoms. The second-order valence-corrected chi connectivity index (χ2v) is 5.63. The Morgan fingerprint density at radius 2 is 2.00 bits per heavy atom. The molecule has 3 aromatic rings. The SMILES string of the molecule is O=[N+]([O-])c1ccccc1-n1nc(-c2ccc(F)cc2F)c2c1NCC2. The average Bonchev–Trinajstić information content (AvgIpc) is 3.18. The number of anilines is 1. The van der Waals surface area contributed by atoms with Crippen LogP contribution in [-0.2, 0) is 6.42 Å². The van der Waals surface area contributed by atoms with E-state index in [1.54, 1.807) is 18.2 Å². The fraction of sp³-hybridized carbons (Fsp3) is 0.118. The molecule has 1 N–H and O–H groups in total. The molecule has 1 aromatic heterocycles. The Hall–Kier alpha value is -3.29. The van der Waals surface area contributed by atoms with Gasteiger partial charge in [-0.3, -0.25) is 10.1 Å². The summed E-state index contributed by atoms with van der Waals surface area (Å²) in [5.41, 5.74) is 1.46. The molecule has 6 nitrogen and oxygen atoms in total. The maximum absolute atomic E-state index is 14.2. The third-order valence-electron chi connectivity index (χ3n) is 4.14. The molecule has 0 unspecified atom stereocenters. The van der Waals surface area contributed by atoms with Gasteiger partial charge in [-0.05, 0) is 24.6 Å². The summed E-state index contributed by atoms with van der Waals surface area (Å²) in [6.45, 7) is 0.615. The summed E-state index contributed by atoms with van der Waals surface area (Å²) in [4.78, 5) is 10.8. The maximum Gasteiger partial charge on any atom is 0.294 e. The number of benzene rings is 2. The van der Waals surface area contributed by atoms with E-state index < -0.39 is 16.6 Å². The first-order valence-corrected chi connectivity index (χ1v) is 7.61. The van der Waals surface area contributed by atoms with E-state index in [-0.39, 0.29) is 16.9 Å². The molecule has 0 saturated heterocycles. The molecule has 25 heavy (non-hydrogen) atoms. The van der Waals surface area contributed by atoms with E-state index in [2.05, 4.69) is 10.4 Å². The van der Waals surface area contributed by atoms with Gasteiger partial charge in [0.25, 0.3) is 5.69 Å². The Kier molecular flexibility index (Phi) is 3.45. The van der Waals surface area contributed by atoms with E-state index in [1.165, 1.54) is 16.8 Å². The number of halogens is 2. The van der Waals surface area contributed by atoms with Crippen LogP contribution in [0.3, 0.4) is 0 Å². The minimum absolute atomic E-state index is 0.104. The van der Waals surface area contributed by atoms with Crippen molar-refractivity contribution in [3.63, 3.8) is 0 Å². The van der Waals surface area contributed by atoms with E-state index in [0.29, 0.717) is 24.5 Å². The van der Waals surface area contributed by atoms with Crippen LogP contribution in [-0.4, -0.2) is 21.2 Å². The Labute approximate surface area is 140 Å². The molecule has 1 aliphatic rings. The predicted octanol–water partition coefficient (Wildman–Crippen LogP) is 3.69. The largest absolute Gasteiger partial charge is 0.369 e. The first kappa shape index (κ1) is 15.3. The van der Waals surface area contributed by atoms with Crippen LogP contribution < -0.4 is 5.32 Å². The molecule has 0 fully saturated rings. The van der Waals surface area contributed by atoms with Gasteiger partial charge in [0.2, 0.25) is 0 Å². The van der Waals surface area contributed by atoms with Gasteiger partial charge in [0.05, 0.1) is 4.92 Å². The summed E-state index contributed by atoms with van der Waals surface area (Å²) < 4.78 is 28.8. The lowest BCUT2D eigenvalue weighted by Gasteiger charge is -2.07. The second kappa shape index (κ2) is 5.66. The number of fused-ring (bicyclic) bond motifs is 1. The van der Waals surface area contributed by atoms with Gasteiger partial charge in [0.15, 0.2) is 0 Å². The molecule has 2 aromatic carbocycles. The van der Waals surface area contributed by atoms with Gasteiger partial charge in [0.1, 0.15) is 28.8 Å². The molecular formula is C17H12F2N4O2. The Bertz CT molecular complexity index is 1000. The summed E-state index contributed by atoms with van der Waals surface area (Å²) >= 11 is 0. The topological polar surface area (TPSA) is 73.0 Å². The molecule has 0 atom stereocenters. The summed E-state index contributed by atoms with van der Waals surface area (Å²) in [7, 11) is 0. The molecular weight excluding hydrogens is 330 g/mol. The number of nitrogens with one attached hydrogen (secondary N) is 1. The zero-order valence-corrected chi connectivity index (χ0v) is 12.9. The number of nitrogens with zero attached hydrogens (tertiary/aromatic N) is 3. The van der Waals surface area contributed by atoms with Gasteiger partial charge in [-0.25, -0.2) is 13.5 Å². The van der Waals surface area contributed by atoms with Gasteiger partial charge in [0, 0.05) is 29.8 Å². The normalized spacial score (nSPS) is 12.7. The Morgan fingerprint density at radius 3 is 2.76 bits per heavy atom. The predicted molar refractivity (Wildman–Crippen MR) is 87.8 cm³/mol. The highest BCUT2D eigenvalue weighted by molar-refractivity contribution is 5.74.